The molecule has 1 unspecified atom stereocenters. The highest BCUT2D eigenvalue weighted by Gasteiger charge is 2.11. The molecule has 0 amide bonds. The van der Waals surface area contributed by atoms with Gasteiger partial charge in [-0.2, -0.15) is 0 Å². The maximum Gasteiger partial charge on any atom is 0.144 e. The Labute approximate surface area is 138 Å². The van der Waals surface area contributed by atoms with Crippen LogP contribution < -0.4 is 0 Å². The SMILES string of the molecule is CC(C)OCCC(C=O)N=C(c1ccccc1)c1ccccc1. The molecule has 2 rings (SSSR count). The van der Waals surface area contributed by atoms with E-state index in [9.17, 15) is 4.79 Å². The molecule has 3 nitrogen and oxygen atoms in total. The molecule has 0 saturated heterocycles. The van der Waals surface area contributed by atoms with Crippen molar-refractivity contribution in [1.82, 2.24) is 0 Å². The summed E-state index contributed by atoms with van der Waals surface area (Å²) in [6, 6.07) is 19.5. The van der Waals surface area contributed by atoms with Gasteiger partial charge in [-0.05, 0) is 20.3 Å². The van der Waals surface area contributed by atoms with Gasteiger partial charge in [0.2, 0.25) is 0 Å². The quantitative estimate of drug-likeness (QED) is 0.548. The van der Waals surface area contributed by atoms with E-state index in [0.29, 0.717) is 13.0 Å². The second kappa shape index (κ2) is 9.01. The Bertz CT molecular complexity index is 579. The van der Waals surface area contributed by atoms with E-state index in [1.54, 1.807) is 0 Å². The largest absolute Gasteiger partial charge is 0.379 e. The van der Waals surface area contributed by atoms with Gasteiger partial charge < -0.3 is 9.53 Å². The van der Waals surface area contributed by atoms with Crippen LogP contribution in [-0.2, 0) is 9.53 Å². The number of rotatable bonds is 8. The molecule has 0 heterocycles. The molecule has 0 spiro atoms. The summed E-state index contributed by atoms with van der Waals surface area (Å²) in [5, 5.41) is 0. The van der Waals surface area contributed by atoms with Crippen molar-refractivity contribution in [3.05, 3.63) is 71.8 Å². The van der Waals surface area contributed by atoms with Crippen molar-refractivity contribution >= 4 is 12.0 Å². The van der Waals surface area contributed by atoms with Crippen molar-refractivity contribution < 1.29 is 9.53 Å². The van der Waals surface area contributed by atoms with Gasteiger partial charge in [0, 0.05) is 17.7 Å². The van der Waals surface area contributed by atoms with Crippen LogP contribution in [0.3, 0.4) is 0 Å². The van der Waals surface area contributed by atoms with Crippen molar-refractivity contribution in [3.63, 3.8) is 0 Å². The second-order valence-electron chi connectivity index (χ2n) is 5.62. The summed E-state index contributed by atoms with van der Waals surface area (Å²) in [4.78, 5) is 16.1. The predicted octanol–water partition coefficient (Wildman–Crippen LogP) is 3.91. The summed E-state index contributed by atoms with van der Waals surface area (Å²) in [5.74, 6) is 0. The molecule has 0 bridgehead atoms. The Morgan fingerprint density at radius 2 is 1.52 bits per heavy atom. The molecule has 3 heteroatoms. The zero-order chi connectivity index (χ0) is 16.5. The third-order valence-corrected chi connectivity index (χ3v) is 3.41. The fourth-order valence-corrected chi connectivity index (χ4v) is 2.26. The first kappa shape index (κ1) is 17.1. The Kier molecular flexibility index (Phi) is 6.70. The van der Waals surface area contributed by atoms with Crippen LogP contribution in [0.5, 0.6) is 0 Å². The lowest BCUT2D eigenvalue weighted by Gasteiger charge is -2.13. The van der Waals surface area contributed by atoms with Gasteiger partial charge in [-0.3, -0.25) is 4.99 Å². The monoisotopic (exact) mass is 309 g/mol. The average Bonchev–Trinajstić information content (AvgIpc) is 2.59. The summed E-state index contributed by atoms with van der Waals surface area (Å²) >= 11 is 0. The van der Waals surface area contributed by atoms with Crippen LogP contribution in [0.15, 0.2) is 65.7 Å². The van der Waals surface area contributed by atoms with Crippen LogP contribution in [0.2, 0.25) is 0 Å². The van der Waals surface area contributed by atoms with Crippen LogP contribution in [-0.4, -0.2) is 30.8 Å². The van der Waals surface area contributed by atoms with E-state index in [1.807, 2.05) is 74.5 Å². The van der Waals surface area contributed by atoms with Gasteiger partial charge in [0.05, 0.1) is 11.8 Å². The zero-order valence-corrected chi connectivity index (χ0v) is 13.7. The van der Waals surface area contributed by atoms with Crippen LogP contribution in [0.1, 0.15) is 31.4 Å². The van der Waals surface area contributed by atoms with Gasteiger partial charge in [-0.15, -0.1) is 0 Å². The molecule has 2 aromatic carbocycles. The molecular weight excluding hydrogens is 286 g/mol. The van der Waals surface area contributed by atoms with Crippen molar-refractivity contribution in [3.8, 4) is 0 Å². The van der Waals surface area contributed by atoms with Crippen LogP contribution in [0.25, 0.3) is 0 Å². The minimum atomic E-state index is -0.399. The number of carbonyl (C=O) groups is 1. The van der Waals surface area contributed by atoms with Crippen LogP contribution in [0, 0.1) is 0 Å². The molecule has 0 aliphatic carbocycles. The van der Waals surface area contributed by atoms with E-state index in [1.165, 1.54) is 0 Å². The Morgan fingerprint density at radius 1 is 1.00 bits per heavy atom. The van der Waals surface area contributed by atoms with E-state index >= 15 is 0 Å². The Morgan fingerprint density at radius 3 is 1.96 bits per heavy atom. The zero-order valence-electron chi connectivity index (χ0n) is 13.7. The second-order valence-corrected chi connectivity index (χ2v) is 5.62. The lowest BCUT2D eigenvalue weighted by atomic mass is 10.0. The van der Waals surface area contributed by atoms with Crippen molar-refractivity contribution in [1.29, 1.82) is 0 Å². The van der Waals surface area contributed by atoms with Gasteiger partial charge in [0.1, 0.15) is 12.3 Å². The molecule has 0 radical (unpaired) electrons. The van der Waals surface area contributed by atoms with Crippen molar-refractivity contribution in [2.24, 2.45) is 4.99 Å². The third-order valence-electron chi connectivity index (χ3n) is 3.41. The number of benzene rings is 2. The molecule has 0 fully saturated rings. The number of hydrogen-bond donors (Lipinski definition) is 0. The topological polar surface area (TPSA) is 38.7 Å². The highest BCUT2D eigenvalue weighted by molar-refractivity contribution is 6.13. The number of nitrogens with zero attached hydrogens (tertiary/aromatic N) is 1. The number of carbonyl (C=O) groups excluding carboxylic acids is 1. The molecule has 2 aromatic rings. The van der Waals surface area contributed by atoms with E-state index in [2.05, 4.69) is 0 Å². The summed E-state index contributed by atoms with van der Waals surface area (Å²) in [6.07, 6.45) is 1.65. The number of aldehydes is 1. The molecular formula is C20H23NO2. The molecule has 0 aromatic heterocycles. The molecule has 0 aliphatic rings. The molecule has 0 saturated carbocycles. The molecule has 0 N–H and O–H groups in total. The fraction of sp³-hybridized carbons (Fsp3) is 0.300. The first-order chi connectivity index (χ1) is 11.2. The number of ether oxygens (including phenoxy) is 1. The first-order valence-electron chi connectivity index (χ1n) is 7.96. The van der Waals surface area contributed by atoms with Crippen LogP contribution >= 0.6 is 0 Å². The lowest BCUT2D eigenvalue weighted by Crippen LogP contribution is -2.16. The highest BCUT2D eigenvalue weighted by atomic mass is 16.5. The maximum atomic E-state index is 11.4. The Hall–Kier alpha value is -2.26. The van der Waals surface area contributed by atoms with E-state index in [0.717, 1.165) is 23.1 Å². The maximum absolute atomic E-state index is 11.4. The lowest BCUT2D eigenvalue weighted by molar-refractivity contribution is -0.109. The number of hydrogen-bond acceptors (Lipinski definition) is 3. The summed E-state index contributed by atoms with van der Waals surface area (Å²) in [6.45, 7) is 4.50. The molecule has 23 heavy (non-hydrogen) atoms. The van der Waals surface area contributed by atoms with Gasteiger partial charge in [-0.1, -0.05) is 60.7 Å². The fourth-order valence-electron chi connectivity index (χ4n) is 2.26. The summed E-state index contributed by atoms with van der Waals surface area (Å²) in [7, 11) is 0. The average molecular weight is 309 g/mol. The van der Waals surface area contributed by atoms with E-state index < -0.39 is 6.04 Å². The van der Waals surface area contributed by atoms with Crippen molar-refractivity contribution in [2.45, 2.75) is 32.4 Å². The van der Waals surface area contributed by atoms with Gasteiger partial charge in [-0.25, -0.2) is 0 Å². The normalized spacial score (nSPS) is 12.0. The van der Waals surface area contributed by atoms with Crippen LogP contribution in [0.4, 0.5) is 0 Å². The number of aliphatic imine (C=N–C) groups is 1. The van der Waals surface area contributed by atoms with Gasteiger partial charge in [0.15, 0.2) is 0 Å². The third kappa shape index (κ3) is 5.46. The van der Waals surface area contributed by atoms with E-state index in [-0.39, 0.29) is 6.10 Å². The van der Waals surface area contributed by atoms with Crippen molar-refractivity contribution in [2.75, 3.05) is 6.61 Å². The predicted molar refractivity (Wildman–Crippen MR) is 94.1 cm³/mol. The first-order valence-corrected chi connectivity index (χ1v) is 7.96. The molecule has 120 valence electrons. The van der Waals surface area contributed by atoms with Gasteiger partial charge in [0.25, 0.3) is 0 Å². The minimum absolute atomic E-state index is 0.161. The minimum Gasteiger partial charge on any atom is -0.379 e. The van der Waals surface area contributed by atoms with E-state index in [4.69, 9.17) is 9.73 Å². The molecule has 1 atom stereocenters. The Balaban J connectivity index is 2.27. The standard InChI is InChI=1S/C20H23NO2/c1-16(2)23-14-13-19(15-22)21-20(17-9-5-3-6-10-17)18-11-7-4-8-12-18/h3-12,15-16,19H,13-14H2,1-2H3. The molecule has 0 aliphatic heterocycles. The summed E-state index contributed by atoms with van der Waals surface area (Å²) in [5.41, 5.74) is 2.86. The highest BCUT2D eigenvalue weighted by Crippen LogP contribution is 2.13. The smallest absolute Gasteiger partial charge is 0.144 e. The summed E-state index contributed by atoms with van der Waals surface area (Å²) < 4.78 is 5.54. The van der Waals surface area contributed by atoms with Gasteiger partial charge >= 0.3 is 0 Å².